The SMILES string of the molecule is CNCC(C(=O)OC(C)(C)C)c1ccc(C2CCC(=O)CC2)cc1. The van der Waals surface area contributed by atoms with Crippen LogP contribution in [0.1, 0.15) is 69.4 Å². The fraction of sp³-hybridized carbons (Fsp3) is 0.600. The highest BCUT2D eigenvalue weighted by molar-refractivity contribution is 5.79. The molecule has 0 aromatic heterocycles. The highest BCUT2D eigenvalue weighted by atomic mass is 16.6. The number of carbonyl (C=O) groups is 2. The topological polar surface area (TPSA) is 55.4 Å². The van der Waals surface area contributed by atoms with E-state index in [1.807, 2.05) is 40.0 Å². The van der Waals surface area contributed by atoms with Crippen LogP contribution in [-0.2, 0) is 14.3 Å². The standard InChI is InChI=1S/C20H29NO3/c1-20(2,3)24-19(23)18(13-21-4)16-7-5-14(6-8-16)15-9-11-17(22)12-10-15/h5-8,15,18,21H,9-13H2,1-4H3. The number of ketones is 1. The Labute approximate surface area is 145 Å². The lowest BCUT2D eigenvalue weighted by Gasteiger charge is -2.25. The summed E-state index contributed by atoms with van der Waals surface area (Å²) in [5.41, 5.74) is 1.74. The van der Waals surface area contributed by atoms with E-state index in [1.165, 1.54) is 5.56 Å². The maximum absolute atomic E-state index is 12.5. The van der Waals surface area contributed by atoms with Crippen molar-refractivity contribution in [3.63, 3.8) is 0 Å². The van der Waals surface area contributed by atoms with E-state index in [0.717, 1.165) is 18.4 Å². The molecule has 1 unspecified atom stereocenters. The third kappa shape index (κ3) is 5.17. The lowest BCUT2D eigenvalue weighted by Crippen LogP contribution is -2.32. The second-order valence-corrected chi connectivity index (χ2v) is 7.62. The molecule has 1 N–H and O–H groups in total. The van der Waals surface area contributed by atoms with Crippen molar-refractivity contribution in [2.75, 3.05) is 13.6 Å². The zero-order chi connectivity index (χ0) is 17.7. The molecule has 1 atom stereocenters. The van der Waals surface area contributed by atoms with Gasteiger partial charge >= 0.3 is 5.97 Å². The van der Waals surface area contributed by atoms with E-state index in [2.05, 4.69) is 17.4 Å². The second kappa shape index (κ2) is 7.93. The van der Waals surface area contributed by atoms with Gasteiger partial charge in [0.05, 0.1) is 5.92 Å². The molecule has 0 amide bonds. The molecule has 4 heteroatoms. The fourth-order valence-electron chi connectivity index (χ4n) is 3.19. The van der Waals surface area contributed by atoms with Crippen LogP contribution in [0.15, 0.2) is 24.3 Å². The predicted octanol–water partition coefficient (Wildman–Crippen LogP) is 3.56. The molecule has 4 nitrogen and oxygen atoms in total. The van der Waals surface area contributed by atoms with Gasteiger partial charge in [0, 0.05) is 19.4 Å². The maximum atomic E-state index is 12.5. The summed E-state index contributed by atoms with van der Waals surface area (Å²) in [7, 11) is 1.84. The van der Waals surface area contributed by atoms with E-state index in [9.17, 15) is 9.59 Å². The van der Waals surface area contributed by atoms with Gasteiger partial charge in [-0.25, -0.2) is 0 Å². The van der Waals surface area contributed by atoms with E-state index in [-0.39, 0.29) is 11.9 Å². The number of nitrogens with one attached hydrogen (secondary N) is 1. The zero-order valence-corrected chi connectivity index (χ0v) is 15.2. The first kappa shape index (κ1) is 18.7. The number of hydrogen-bond acceptors (Lipinski definition) is 4. The van der Waals surface area contributed by atoms with Crippen molar-refractivity contribution in [3.05, 3.63) is 35.4 Å². The third-order valence-corrected chi connectivity index (χ3v) is 4.45. The van der Waals surface area contributed by atoms with E-state index < -0.39 is 5.60 Å². The molecule has 0 aliphatic heterocycles. The molecule has 1 aromatic carbocycles. The van der Waals surface area contributed by atoms with Crippen molar-refractivity contribution in [2.24, 2.45) is 0 Å². The van der Waals surface area contributed by atoms with Crippen LogP contribution in [-0.4, -0.2) is 30.9 Å². The molecule has 2 rings (SSSR count). The third-order valence-electron chi connectivity index (χ3n) is 4.45. The molecule has 24 heavy (non-hydrogen) atoms. The maximum Gasteiger partial charge on any atom is 0.315 e. The quantitative estimate of drug-likeness (QED) is 0.838. The average molecular weight is 331 g/mol. The number of esters is 1. The Hall–Kier alpha value is -1.68. The largest absolute Gasteiger partial charge is 0.459 e. The van der Waals surface area contributed by atoms with Gasteiger partial charge in [0.15, 0.2) is 0 Å². The first-order chi connectivity index (χ1) is 11.3. The van der Waals surface area contributed by atoms with Crippen LogP contribution in [0.3, 0.4) is 0 Å². The highest BCUT2D eigenvalue weighted by Gasteiger charge is 2.27. The molecule has 0 saturated heterocycles. The Kier molecular flexibility index (Phi) is 6.16. The minimum absolute atomic E-state index is 0.201. The number of hydrogen-bond donors (Lipinski definition) is 1. The molecule has 0 bridgehead atoms. The van der Waals surface area contributed by atoms with Gasteiger partial charge < -0.3 is 10.1 Å². The van der Waals surface area contributed by atoms with Crippen molar-refractivity contribution in [1.29, 1.82) is 0 Å². The first-order valence-electron chi connectivity index (χ1n) is 8.79. The molecule has 0 heterocycles. The summed E-state index contributed by atoms with van der Waals surface area (Å²) in [5, 5.41) is 3.08. The number of Topliss-reactive ketones (excluding diaryl/α,β-unsaturated/α-hetero) is 1. The molecular formula is C20H29NO3. The molecule has 1 saturated carbocycles. The molecule has 1 fully saturated rings. The Morgan fingerprint density at radius 1 is 1.21 bits per heavy atom. The zero-order valence-electron chi connectivity index (χ0n) is 15.2. The lowest BCUT2D eigenvalue weighted by molar-refractivity contribution is -0.156. The van der Waals surface area contributed by atoms with Crippen molar-refractivity contribution in [2.45, 2.75) is 63.9 Å². The van der Waals surface area contributed by atoms with Gasteiger partial charge in [-0.3, -0.25) is 9.59 Å². The molecule has 1 aromatic rings. The van der Waals surface area contributed by atoms with Crippen molar-refractivity contribution < 1.29 is 14.3 Å². The van der Waals surface area contributed by atoms with Crippen molar-refractivity contribution in [3.8, 4) is 0 Å². The number of likely N-dealkylation sites (N-methyl/N-ethyl adjacent to an activating group) is 1. The molecule has 1 aliphatic rings. The van der Waals surface area contributed by atoms with Gasteiger partial charge in [0.25, 0.3) is 0 Å². The summed E-state index contributed by atoms with van der Waals surface area (Å²) in [6.07, 6.45) is 3.24. The Bertz CT molecular complexity index is 562. The van der Waals surface area contributed by atoms with Crippen LogP contribution >= 0.6 is 0 Å². The Morgan fingerprint density at radius 2 is 1.79 bits per heavy atom. The number of rotatable bonds is 5. The number of carbonyl (C=O) groups excluding carboxylic acids is 2. The number of benzene rings is 1. The minimum Gasteiger partial charge on any atom is -0.459 e. The van der Waals surface area contributed by atoms with Crippen LogP contribution in [0.4, 0.5) is 0 Å². The summed E-state index contributed by atoms with van der Waals surface area (Å²) in [5.74, 6) is 0.326. The lowest BCUT2D eigenvalue weighted by atomic mass is 9.83. The summed E-state index contributed by atoms with van der Waals surface area (Å²) in [6, 6.07) is 8.25. The van der Waals surface area contributed by atoms with Gasteiger partial charge in [-0.15, -0.1) is 0 Å². The molecular weight excluding hydrogens is 302 g/mol. The van der Waals surface area contributed by atoms with Gasteiger partial charge in [-0.1, -0.05) is 24.3 Å². The molecule has 1 aliphatic carbocycles. The van der Waals surface area contributed by atoms with Crippen LogP contribution < -0.4 is 5.32 Å². The van der Waals surface area contributed by atoms with E-state index in [4.69, 9.17) is 4.74 Å². The summed E-state index contributed by atoms with van der Waals surface area (Å²) < 4.78 is 5.55. The number of ether oxygens (including phenoxy) is 1. The van der Waals surface area contributed by atoms with Gasteiger partial charge in [0.2, 0.25) is 0 Å². The van der Waals surface area contributed by atoms with Gasteiger partial charge in [0.1, 0.15) is 11.4 Å². The molecule has 0 spiro atoms. The fourth-order valence-corrected chi connectivity index (χ4v) is 3.19. The molecule has 132 valence electrons. The van der Waals surface area contributed by atoms with Gasteiger partial charge in [-0.2, -0.15) is 0 Å². The summed E-state index contributed by atoms with van der Waals surface area (Å²) in [6.45, 7) is 6.20. The minimum atomic E-state index is -0.488. The van der Waals surface area contributed by atoms with Crippen LogP contribution in [0.2, 0.25) is 0 Å². The Balaban J connectivity index is 2.10. The smallest absolute Gasteiger partial charge is 0.315 e. The van der Waals surface area contributed by atoms with E-state index >= 15 is 0 Å². The van der Waals surface area contributed by atoms with Crippen molar-refractivity contribution in [1.82, 2.24) is 5.32 Å². The molecule has 0 radical (unpaired) electrons. The second-order valence-electron chi connectivity index (χ2n) is 7.62. The normalized spacial score (nSPS) is 17.6. The van der Waals surface area contributed by atoms with Crippen LogP contribution in [0, 0.1) is 0 Å². The van der Waals surface area contributed by atoms with Crippen LogP contribution in [0.5, 0.6) is 0 Å². The van der Waals surface area contributed by atoms with Crippen LogP contribution in [0.25, 0.3) is 0 Å². The van der Waals surface area contributed by atoms with E-state index in [0.29, 0.717) is 31.1 Å². The predicted molar refractivity (Wildman–Crippen MR) is 95.2 cm³/mol. The van der Waals surface area contributed by atoms with Crippen molar-refractivity contribution >= 4 is 11.8 Å². The monoisotopic (exact) mass is 331 g/mol. The van der Waals surface area contributed by atoms with Gasteiger partial charge in [-0.05, 0) is 57.7 Å². The first-order valence-corrected chi connectivity index (χ1v) is 8.79. The highest BCUT2D eigenvalue weighted by Crippen LogP contribution is 2.32. The summed E-state index contributed by atoms with van der Waals surface area (Å²) in [4.78, 5) is 23.9. The van der Waals surface area contributed by atoms with E-state index in [1.54, 1.807) is 0 Å². The Morgan fingerprint density at radius 3 is 2.29 bits per heavy atom. The average Bonchev–Trinajstić information content (AvgIpc) is 2.52. The summed E-state index contributed by atoms with van der Waals surface area (Å²) >= 11 is 0.